The van der Waals surface area contributed by atoms with Crippen LogP contribution in [0.15, 0.2) is 12.4 Å². The molecule has 1 fully saturated rings. The maximum absolute atomic E-state index is 12.4. The van der Waals surface area contributed by atoms with Crippen molar-refractivity contribution in [2.75, 3.05) is 6.54 Å². The molecule has 0 radical (unpaired) electrons. The number of aliphatic carboxylic acids is 1. The molecule has 0 saturated heterocycles. The first kappa shape index (κ1) is 15.3. The summed E-state index contributed by atoms with van der Waals surface area (Å²) >= 11 is 0. The monoisotopic (exact) mass is 294 g/mol. The zero-order valence-electron chi connectivity index (χ0n) is 12.6. The Bertz CT molecular complexity index is 522. The summed E-state index contributed by atoms with van der Waals surface area (Å²) in [5, 5.41) is 15.9. The fourth-order valence-electron chi connectivity index (χ4n) is 2.26. The van der Waals surface area contributed by atoms with Gasteiger partial charge in [-0.3, -0.25) is 4.68 Å². The Labute approximate surface area is 123 Å². The summed E-state index contributed by atoms with van der Waals surface area (Å²) in [6, 6.07) is -1.14. The summed E-state index contributed by atoms with van der Waals surface area (Å²) in [6.07, 6.45) is 5.04. The Morgan fingerprint density at radius 2 is 2.19 bits per heavy atom. The lowest BCUT2D eigenvalue weighted by molar-refractivity contribution is -0.139. The number of carboxylic acids is 1. The molecule has 0 aromatic carbocycles. The Morgan fingerprint density at radius 1 is 1.52 bits per heavy atom. The molecule has 0 spiro atoms. The van der Waals surface area contributed by atoms with Gasteiger partial charge in [-0.15, -0.1) is 0 Å². The van der Waals surface area contributed by atoms with E-state index in [-0.39, 0.29) is 12.1 Å². The predicted molar refractivity (Wildman–Crippen MR) is 76.7 cm³/mol. The summed E-state index contributed by atoms with van der Waals surface area (Å²) in [5.74, 6) is -0.741. The molecule has 0 bridgehead atoms. The molecule has 116 valence electrons. The highest BCUT2D eigenvalue weighted by Gasteiger charge is 2.35. The minimum absolute atomic E-state index is 0.246. The highest BCUT2D eigenvalue weighted by atomic mass is 16.4. The minimum Gasteiger partial charge on any atom is -0.479 e. The van der Waals surface area contributed by atoms with Gasteiger partial charge in [0, 0.05) is 31.4 Å². The number of hydrogen-bond donors (Lipinski definition) is 2. The maximum Gasteiger partial charge on any atom is 0.331 e. The Morgan fingerprint density at radius 3 is 2.62 bits per heavy atom. The summed E-state index contributed by atoms with van der Waals surface area (Å²) in [5.41, 5.74) is 0.471. The minimum atomic E-state index is -1.09. The number of nitrogens with one attached hydrogen (secondary N) is 1. The van der Waals surface area contributed by atoms with Gasteiger partial charge >= 0.3 is 12.0 Å². The van der Waals surface area contributed by atoms with Crippen molar-refractivity contribution in [1.29, 1.82) is 0 Å². The van der Waals surface area contributed by atoms with Crippen molar-refractivity contribution in [3.05, 3.63) is 18.0 Å². The molecule has 1 aromatic rings. The van der Waals surface area contributed by atoms with E-state index < -0.39 is 12.0 Å². The van der Waals surface area contributed by atoms with Gasteiger partial charge < -0.3 is 15.3 Å². The summed E-state index contributed by atoms with van der Waals surface area (Å²) in [4.78, 5) is 25.5. The number of nitrogens with zero attached hydrogens (tertiary/aromatic N) is 3. The van der Waals surface area contributed by atoms with Gasteiger partial charge in [-0.25, -0.2) is 9.59 Å². The zero-order chi connectivity index (χ0) is 15.6. The molecular formula is C14H22N4O3. The largest absolute Gasteiger partial charge is 0.479 e. The average molecular weight is 294 g/mol. The molecule has 2 amide bonds. The van der Waals surface area contributed by atoms with Gasteiger partial charge in [0.15, 0.2) is 6.04 Å². The number of urea groups is 1. The van der Waals surface area contributed by atoms with Crippen LogP contribution >= 0.6 is 0 Å². The SMILES string of the molecule is CC(C)CN(C(=O)NC(C(=O)O)c1cnn(C)c1)C1CC1. The van der Waals surface area contributed by atoms with Crippen LogP contribution in [0.1, 0.15) is 38.3 Å². The van der Waals surface area contributed by atoms with E-state index in [9.17, 15) is 14.7 Å². The molecule has 1 aliphatic carbocycles. The molecule has 1 unspecified atom stereocenters. The van der Waals surface area contributed by atoms with Crippen LogP contribution in [0.2, 0.25) is 0 Å². The van der Waals surface area contributed by atoms with E-state index >= 15 is 0 Å². The molecule has 1 aromatic heterocycles. The van der Waals surface area contributed by atoms with Crippen molar-refractivity contribution >= 4 is 12.0 Å². The number of carboxylic acid groups (broad SMARTS) is 1. The number of aryl methyl sites for hydroxylation is 1. The van der Waals surface area contributed by atoms with Gasteiger partial charge in [0.2, 0.25) is 0 Å². The van der Waals surface area contributed by atoms with Crippen LogP contribution in [-0.4, -0.2) is 44.4 Å². The lowest BCUT2D eigenvalue weighted by Crippen LogP contribution is -2.46. The third-order valence-electron chi connectivity index (χ3n) is 3.38. The van der Waals surface area contributed by atoms with Crippen LogP contribution in [0.4, 0.5) is 4.79 Å². The number of hydrogen-bond acceptors (Lipinski definition) is 3. The Hall–Kier alpha value is -2.05. The molecule has 1 heterocycles. The Balaban J connectivity index is 2.08. The number of carbonyl (C=O) groups is 2. The third-order valence-corrected chi connectivity index (χ3v) is 3.38. The molecule has 7 nitrogen and oxygen atoms in total. The molecule has 1 aliphatic rings. The molecular weight excluding hydrogens is 272 g/mol. The molecule has 2 N–H and O–H groups in total. The van der Waals surface area contributed by atoms with Gasteiger partial charge in [0.1, 0.15) is 0 Å². The van der Waals surface area contributed by atoms with Crippen LogP contribution in [0, 0.1) is 5.92 Å². The van der Waals surface area contributed by atoms with Crippen molar-refractivity contribution < 1.29 is 14.7 Å². The molecule has 0 aliphatic heterocycles. The number of aromatic nitrogens is 2. The topological polar surface area (TPSA) is 87.5 Å². The lowest BCUT2D eigenvalue weighted by atomic mass is 10.1. The summed E-state index contributed by atoms with van der Waals surface area (Å²) in [7, 11) is 1.71. The van der Waals surface area contributed by atoms with E-state index in [2.05, 4.69) is 10.4 Å². The molecule has 1 saturated carbocycles. The van der Waals surface area contributed by atoms with Crippen molar-refractivity contribution in [3.63, 3.8) is 0 Å². The highest BCUT2D eigenvalue weighted by Crippen LogP contribution is 2.28. The quantitative estimate of drug-likeness (QED) is 0.829. The van der Waals surface area contributed by atoms with Crippen LogP contribution in [0.3, 0.4) is 0 Å². The van der Waals surface area contributed by atoms with Crippen LogP contribution in [-0.2, 0) is 11.8 Å². The van der Waals surface area contributed by atoms with Gasteiger partial charge in [0.05, 0.1) is 6.20 Å². The van der Waals surface area contributed by atoms with E-state index in [1.807, 2.05) is 13.8 Å². The van der Waals surface area contributed by atoms with Gasteiger partial charge in [0.25, 0.3) is 0 Å². The van der Waals surface area contributed by atoms with E-state index in [0.717, 1.165) is 12.8 Å². The third kappa shape index (κ3) is 3.96. The molecule has 1 atom stereocenters. The average Bonchev–Trinajstić information content (AvgIpc) is 3.14. The first-order chi connectivity index (χ1) is 9.88. The fourth-order valence-corrected chi connectivity index (χ4v) is 2.26. The van der Waals surface area contributed by atoms with Crippen LogP contribution in [0.25, 0.3) is 0 Å². The standard InChI is InChI=1S/C14H22N4O3/c1-9(2)7-18(11-4-5-11)14(21)16-12(13(19)20)10-6-15-17(3)8-10/h6,8-9,11-12H,4-5,7H2,1-3H3,(H,16,21)(H,19,20). The van der Waals surface area contributed by atoms with Gasteiger partial charge in [-0.1, -0.05) is 13.8 Å². The van der Waals surface area contributed by atoms with E-state index in [0.29, 0.717) is 18.0 Å². The van der Waals surface area contributed by atoms with Crippen molar-refractivity contribution in [3.8, 4) is 0 Å². The normalized spacial score (nSPS) is 15.8. The van der Waals surface area contributed by atoms with E-state index in [4.69, 9.17) is 0 Å². The number of carbonyl (C=O) groups excluding carboxylic acids is 1. The van der Waals surface area contributed by atoms with Crippen LogP contribution < -0.4 is 5.32 Å². The molecule has 7 heteroatoms. The number of rotatable bonds is 6. The lowest BCUT2D eigenvalue weighted by Gasteiger charge is -2.26. The maximum atomic E-state index is 12.4. The highest BCUT2D eigenvalue weighted by molar-refractivity contribution is 5.83. The number of amides is 2. The van der Waals surface area contributed by atoms with Crippen molar-refractivity contribution in [2.24, 2.45) is 13.0 Å². The fraction of sp³-hybridized carbons (Fsp3) is 0.643. The summed E-state index contributed by atoms with van der Waals surface area (Å²) in [6.45, 7) is 4.72. The van der Waals surface area contributed by atoms with E-state index in [1.54, 1.807) is 18.1 Å². The molecule has 2 rings (SSSR count). The first-order valence-electron chi connectivity index (χ1n) is 7.17. The van der Waals surface area contributed by atoms with E-state index in [1.165, 1.54) is 10.9 Å². The predicted octanol–water partition coefficient (Wildman–Crippen LogP) is 1.38. The second kappa shape index (κ2) is 6.15. The van der Waals surface area contributed by atoms with Gasteiger partial charge in [-0.2, -0.15) is 5.10 Å². The van der Waals surface area contributed by atoms with Crippen molar-refractivity contribution in [2.45, 2.75) is 38.8 Å². The second-order valence-corrected chi connectivity index (χ2v) is 5.95. The second-order valence-electron chi connectivity index (χ2n) is 5.95. The Kier molecular flexibility index (Phi) is 4.50. The van der Waals surface area contributed by atoms with Crippen molar-refractivity contribution in [1.82, 2.24) is 20.0 Å². The zero-order valence-corrected chi connectivity index (χ0v) is 12.6. The molecule has 21 heavy (non-hydrogen) atoms. The first-order valence-corrected chi connectivity index (χ1v) is 7.17. The summed E-state index contributed by atoms with van der Waals surface area (Å²) < 4.78 is 1.52. The van der Waals surface area contributed by atoms with Gasteiger partial charge in [-0.05, 0) is 18.8 Å². The van der Waals surface area contributed by atoms with Crippen LogP contribution in [0.5, 0.6) is 0 Å². The smallest absolute Gasteiger partial charge is 0.331 e.